The number of carboxylic acids is 1. The van der Waals surface area contributed by atoms with Gasteiger partial charge in [0.1, 0.15) is 5.69 Å². The van der Waals surface area contributed by atoms with Crippen molar-refractivity contribution in [1.82, 2.24) is 15.2 Å². The molecule has 1 heterocycles. The van der Waals surface area contributed by atoms with Gasteiger partial charge in [-0.05, 0) is 12.1 Å². The molecule has 2 N–H and O–H groups in total. The van der Waals surface area contributed by atoms with Crippen molar-refractivity contribution in [3.63, 3.8) is 0 Å². The number of carbonyl (C=O) groups is 3. The largest absolute Gasteiger partial charge is 0.477 e. The van der Waals surface area contributed by atoms with Crippen LogP contribution in [-0.2, 0) is 4.79 Å². The van der Waals surface area contributed by atoms with Gasteiger partial charge in [-0.15, -0.1) is 0 Å². The standard InChI is InChI=1S/C11H13N3O4/c1-12-9(15)6-14(2)10(16)7-3-4-13-8(5-7)11(17)18/h3-5H,6H2,1-2H3,(H,12,15)(H,17,18). The summed E-state index contributed by atoms with van der Waals surface area (Å²) in [5, 5.41) is 11.2. The second-order valence-corrected chi connectivity index (χ2v) is 3.57. The monoisotopic (exact) mass is 251 g/mol. The Morgan fingerprint density at radius 3 is 2.67 bits per heavy atom. The highest BCUT2D eigenvalue weighted by Gasteiger charge is 2.16. The molecule has 0 unspecified atom stereocenters. The van der Waals surface area contributed by atoms with Crippen molar-refractivity contribution in [2.24, 2.45) is 0 Å². The third-order valence-electron chi connectivity index (χ3n) is 2.23. The highest BCUT2D eigenvalue weighted by Crippen LogP contribution is 2.05. The molecule has 18 heavy (non-hydrogen) atoms. The second kappa shape index (κ2) is 5.76. The predicted octanol–water partition coefficient (Wildman–Crippen LogP) is -0.402. The SMILES string of the molecule is CNC(=O)CN(C)C(=O)c1ccnc(C(=O)O)c1. The first-order chi connectivity index (χ1) is 8.45. The molecule has 1 aromatic heterocycles. The fraction of sp³-hybridized carbons (Fsp3) is 0.273. The van der Waals surface area contributed by atoms with Gasteiger partial charge in [0.05, 0.1) is 6.54 Å². The molecule has 0 fully saturated rings. The van der Waals surface area contributed by atoms with Crippen LogP contribution in [0.5, 0.6) is 0 Å². The normalized spacial score (nSPS) is 9.67. The quantitative estimate of drug-likeness (QED) is 0.758. The molecule has 7 nitrogen and oxygen atoms in total. The van der Waals surface area contributed by atoms with Crippen molar-refractivity contribution < 1.29 is 19.5 Å². The van der Waals surface area contributed by atoms with Crippen molar-refractivity contribution >= 4 is 17.8 Å². The summed E-state index contributed by atoms with van der Waals surface area (Å²) < 4.78 is 0. The van der Waals surface area contributed by atoms with E-state index >= 15 is 0 Å². The molecular weight excluding hydrogens is 238 g/mol. The van der Waals surface area contributed by atoms with Gasteiger partial charge in [0.2, 0.25) is 5.91 Å². The van der Waals surface area contributed by atoms with E-state index in [0.29, 0.717) is 0 Å². The van der Waals surface area contributed by atoms with Gasteiger partial charge in [-0.25, -0.2) is 9.78 Å². The van der Waals surface area contributed by atoms with Crippen LogP contribution in [0.2, 0.25) is 0 Å². The Balaban J connectivity index is 2.86. The minimum atomic E-state index is -1.21. The summed E-state index contributed by atoms with van der Waals surface area (Å²) in [6.45, 7) is -0.0972. The molecule has 1 rings (SSSR count). The Bertz CT molecular complexity index is 487. The van der Waals surface area contributed by atoms with E-state index in [-0.39, 0.29) is 23.7 Å². The molecule has 1 aromatic rings. The summed E-state index contributed by atoms with van der Waals surface area (Å²) in [5.41, 5.74) is -0.0389. The fourth-order valence-corrected chi connectivity index (χ4v) is 1.27. The summed E-state index contributed by atoms with van der Waals surface area (Å²) in [7, 11) is 2.92. The highest BCUT2D eigenvalue weighted by atomic mass is 16.4. The Labute approximate surface area is 103 Å². The lowest BCUT2D eigenvalue weighted by Crippen LogP contribution is -2.36. The van der Waals surface area contributed by atoms with Crippen LogP contribution < -0.4 is 5.32 Å². The zero-order chi connectivity index (χ0) is 13.7. The first-order valence-corrected chi connectivity index (χ1v) is 5.11. The lowest BCUT2D eigenvalue weighted by molar-refractivity contribution is -0.121. The van der Waals surface area contributed by atoms with Crippen LogP contribution in [0.3, 0.4) is 0 Å². The Morgan fingerprint density at radius 2 is 2.11 bits per heavy atom. The van der Waals surface area contributed by atoms with E-state index in [4.69, 9.17) is 5.11 Å². The summed E-state index contributed by atoms with van der Waals surface area (Å²) in [4.78, 5) is 38.5. The van der Waals surface area contributed by atoms with E-state index in [1.165, 1.54) is 37.3 Å². The van der Waals surface area contributed by atoms with Gasteiger partial charge in [0, 0.05) is 25.9 Å². The van der Waals surface area contributed by atoms with E-state index in [1.807, 2.05) is 0 Å². The van der Waals surface area contributed by atoms with E-state index in [2.05, 4.69) is 10.3 Å². The van der Waals surface area contributed by atoms with Crippen molar-refractivity contribution in [2.45, 2.75) is 0 Å². The number of aromatic nitrogens is 1. The molecule has 0 bridgehead atoms. The number of carbonyl (C=O) groups excluding carboxylic acids is 2. The van der Waals surface area contributed by atoms with Gasteiger partial charge in [-0.1, -0.05) is 0 Å². The predicted molar refractivity (Wildman–Crippen MR) is 62.2 cm³/mol. The smallest absolute Gasteiger partial charge is 0.354 e. The third kappa shape index (κ3) is 3.27. The molecule has 0 spiro atoms. The average molecular weight is 251 g/mol. The van der Waals surface area contributed by atoms with Gasteiger partial charge in [-0.3, -0.25) is 9.59 Å². The van der Waals surface area contributed by atoms with Crippen LogP contribution in [0.1, 0.15) is 20.8 Å². The van der Waals surface area contributed by atoms with E-state index in [1.54, 1.807) is 0 Å². The average Bonchev–Trinajstić information content (AvgIpc) is 2.37. The van der Waals surface area contributed by atoms with Crippen LogP contribution in [0.4, 0.5) is 0 Å². The zero-order valence-electron chi connectivity index (χ0n) is 10.0. The van der Waals surface area contributed by atoms with E-state index < -0.39 is 11.9 Å². The van der Waals surface area contributed by atoms with Crippen LogP contribution in [0, 0.1) is 0 Å². The summed E-state index contributed by atoms with van der Waals surface area (Å²) in [5.74, 6) is -1.96. The molecule has 0 saturated heterocycles. The highest BCUT2D eigenvalue weighted by molar-refractivity contribution is 5.98. The first kappa shape index (κ1) is 13.6. The van der Waals surface area contributed by atoms with Crippen LogP contribution in [0.25, 0.3) is 0 Å². The Morgan fingerprint density at radius 1 is 1.44 bits per heavy atom. The maximum atomic E-state index is 11.9. The first-order valence-electron chi connectivity index (χ1n) is 5.11. The minimum Gasteiger partial charge on any atom is -0.477 e. The summed E-state index contributed by atoms with van der Waals surface area (Å²) in [6.07, 6.45) is 1.24. The van der Waals surface area contributed by atoms with Crippen LogP contribution in [0.15, 0.2) is 18.3 Å². The molecule has 0 saturated carbocycles. The molecule has 0 aromatic carbocycles. The number of likely N-dealkylation sites (N-methyl/N-ethyl adjacent to an activating group) is 2. The zero-order valence-corrected chi connectivity index (χ0v) is 10.0. The number of aromatic carboxylic acids is 1. The molecule has 96 valence electrons. The van der Waals surface area contributed by atoms with Gasteiger partial charge >= 0.3 is 5.97 Å². The van der Waals surface area contributed by atoms with Crippen LogP contribution in [-0.4, -0.2) is 53.4 Å². The molecular formula is C11H13N3O4. The van der Waals surface area contributed by atoms with Crippen molar-refractivity contribution in [2.75, 3.05) is 20.6 Å². The number of nitrogens with zero attached hydrogens (tertiary/aromatic N) is 2. The van der Waals surface area contributed by atoms with E-state index in [9.17, 15) is 14.4 Å². The maximum absolute atomic E-state index is 11.9. The lowest BCUT2D eigenvalue weighted by atomic mass is 10.2. The molecule has 0 aliphatic carbocycles. The number of rotatable bonds is 4. The fourth-order valence-electron chi connectivity index (χ4n) is 1.27. The number of hydrogen-bond donors (Lipinski definition) is 2. The Kier molecular flexibility index (Phi) is 4.36. The molecule has 0 aliphatic rings. The minimum absolute atomic E-state index is 0.0972. The number of hydrogen-bond acceptors (Lipinski definition) is 4. The van der Waals surface area contributed by atoms with Gasteiger partial charge in [0.25, 0.3) is 5.91 Å². The van der Waals surface area contributed by atoms with Crippen molar-refractivity contribution in [3.8, 4) is 0 Å². The van der Waals surface area contributed by atoms with Crippen molar-refractivity contribution in [1.29, 1.82) is 0 Å². The number of nitrogens with one attached hydrogen (secondary N) is 1. The molecule has 0 atom stereocenters. The molecule has 0 radical (unpaired) electrons. The number of pyridine rings is 1. The molecule has 7 heteroatoms. The van der Waals surface area contributed by atoms with E-state index in [0.717, 1.165) is 0 Å². The van der Waals surface area contributed by atoms with Crippen LogP contribution >= 0.6 is 0 Å². The maximum Gasteiger partial charge on any atom is 0.354 e. The summed E-state index contributed by atoms with van der Waals surface area (Å²) in [6, 6.07) is 2.57. The second-order valence-electron chi connectivity index (χ2n) is 3.57. The van der Waals surface area contributed by atoms with Gasteiger partial charge in [-0.2, -0.15) is 0 Å². The number of amides is 2. The van der Waals surface area contributed by atoms with Gasteiger partial charge in [0.15, 0.2) is 0 Å². The van der Waals surface area contributed by atoms with Crippen molar-refractivity contribution in [3.05, 3.63) is 29.6 Å². The third-order valence-corrected chi connectivity index (χ3v) is 2.23. The number of carboxylic acid groups (broad SMARTS) is 1. The topological polar surface area (TPSA) is 99.6 Å². The lowest BCUT2D eigenvalue weighted by Gasteiger charge is -2.16. The molecule has 0 aliphatic heterocycles. The Hall–Kier alpha value is -2.44. The summed E-state index contributed by atoms with van der Waals surface area (Å²) >= 11 is 0. The van der Waals surface area contributed by atoms with Gasteiger partial charge < -0.3 is 15.3 Å². The molecule has 2 amide bonds.